The van der Waals surface area contributed by atoms with Gasteiger partial charge in [-0.05, 0) is 12.5 Å². The zero-order chi connectivity index (χ0) is 9.68. The lowest BCUT2D eigenvalue weighted by molar-refractivity contribution is -0.136. The predicted molar refractivity (Wildman–Crippen MR) is 52.3 cm³/mol. The van der Waals surface area contributed by atoms with Crippen LogP contribution in [0, 0.1) is 0 Å². The molecule has 0 aliphatic carbocycles. The average Bonchev–Trinajstić information content (AvgIpc) is 2.04. The topological polar surface area (TPSA) is 37.3 Å². The number of carbonyl (C=O) groups is 1. The normalized spacial score (nSPS) is 11.3. The van der Waals surface area contributed by atoms with E-state index < -0.39 is 5.97 Å². The maximum absolute atomic E-state index is 10.4. The van der Waals surface area contributed by atoms with E-state index in [1.54, 1.807) is 0 Å². The van der Waals surface area contributed by atoms with Crippen molar-refractivity contribution in [3.05, 3.63) is 41.5 Å². The molecule has 0 aliphatic heterocycles. The van der Waals surface area contributed by atoms with Gasteiger partial charge in [-0.1, -0.05) is 42.0 Å². The van der Waals surface area contributed by atoms with Crippen LogP contribution in [0.4, 0.5) is 0 Å². The van der Waals surface area contributed by atoms with Crippen LogP contribution >= 0.6 is 0 Å². The molecule has 0 saturated carbocycles. The Morgan fingerprint density at radius 3 is 2.54 bits per heavy atom. The second-order valence-corrected chi connectivity index (χ2v) is 2.97. The van der Waals surface area contributed by atoms with Gasteiger partial charge >= 0.3 is 5.97 Å². The van der Waals surface area contributed by atoms with Crippen LogP contribution in [-0.2, 0) is 4.79 Å². The molecule has 0 aliphatic rings. The molecule has 1 aromatic carbocycles. The molecule has 0 heterocycles. The Balaban J connectivity index is 2.71. The fourth-order valence-corrected chi connectivity index (χ4v) is 1.12. The molecule has 0 aromatic heterocycles. The number of aliphatic carboxylic acids is 1. The molecule has 0 saturated heterocycles. The number of rotatable bonds is 3. The van der Waals surface area contributed by atoms with Gasteiger partial charge in [0.25, 0.3) is 0 Å². The highest BCUT2D eigenvalue weighted by Gasteiger charge is 1.97. The van der Waals surface area contributed by atoms with Crippen LogP contribution < -0.4 is 0 Å². The fourth-order valence-electron chi connectivity index (χ4n) is 1.12. The Kier molecular flexibility index (Phi) is 3.26. The molecule has 2 nitrogen and oxygen atoms in total. The molecule has 0 amide bonds. The Morgan fingerprint density at radius 2 is 2.00 bits per heavy atom. The lowest BCUT2D eigenvalue weighted by Gasteiger charge is -1.96. The van der Waals surface area contributed by atoms with Crippen LogP contribution in [0.1, 0.15) is 18.9 Å². The SMILES string of the molecule is CC(=Cc1ccccc1)CC(=O)O. The fraction of sp³-hybridized carbons (Fsp3) is 0.182. The number of carboxylic acid groups (broad SMARTS) is 1. The van der Waals surface area contributed by atoms with Gasteiger partial charge in [0.2, 0.25) is 0 Å². The van der Waals surface area contributed by atoms with Crippen LogP contribution in [0.2, 0.25) is 0 Å². The van der Waals surface area contributed by atoms with Crippen LogP contribution in [0.25, 0.3) is 6.08 Å². The van der Waals surface area contributed by atoms with Gasteiger partial charge in [0.15, 0.2) is 0 Å². The second-order valence-electron chi connectivity index (χ2n) is 2.97. The van der Waals surface area contributed by atoms with E-state index in [0.717, 1.165) is 11.1 Å². The number of benzene rings is 1. The van der Waals surface area contributed by atoms with Crippen LogP contribution in [0.15, 0.2) is 35.9 Å². The third-order valence-electron chi connectivity index (χ3n) is 1.64. The standard InChI is InChI=1S/C11H12O2/c1-9(8-11(12)13)7-10-5-3-2-4-6-10/h2-7H,8H2,1H3,(H,12,13). The van der Waals surface area contributed by atoms with Crippen molar-refractivity contribution in [1.29, 1.82) is 0 Å². The van der Waals surface area contributed by atoms with E-state index in [0.29, 0.717) is 0 Å². The summed E-state index contributed by atoms with van der Waals surface area (Å²) in [5.74, 6) is -0.787. The van der Waals surface area contributed by atoms with Crippen molar-refractivity contribution in [1.82, 2.24) is 0 Å². The Hall–Kier alpha value is -1.57. The molecule has 0 radical (unpaired) electrons. The van der Waals surface area contributed by atoms with E-state index in [-0.39, 0.29) is 6.42 Å². The van der Waals surface area contributed by atoms with E-state index in [2.05, 4.69) is 0 Å². The zero-order valence-corrected chi connectivity index (χ0v) is 7.53. The van der Waals surface area contributed by atoms with Gasteiger partial charge < -0.3 is 5.11 Å². The summed E-state index contributed by atoms with van der Waals surface area (Å²) in [6.45, 7) is 1.82. The highest BCUT2D eigenvalue weighted by Crippen LogP contribution is 2.08. The van der Waals surface area contributed by atoms with Crippen molar-refractivity contribution in [2.75, 3.05) is 0 Å². The molecule has 1 aromatic rings. The van der Waals surface area contributed by atoms with E-state index >= 15 is 0 Å². The van der Waals surface area contributed by atoms with Crippen molar-refractivity contribution < 1.29 is 9.90 Å². The first kappa shape index (κ1) is 9.52. The highest BCUT2D eigenvalue weighted by molar-refractivity contribution is 5.72. The number of hydrogen-bond acceptors (Lipinski definition) is 1. The molecular formula is C11H12O2. The highest BCUT2D eigenvalue weighted by atomic mass is 16.4. The smallest absolute Gasteiger partial charge is 0.307 e. The van der Waals surface area contributed by atoms with Crippen molar-refractivity contribution in [3.8, 4) is 0 Å². The summed E-state index contributed by atoms with van der Waals surface area (Å²) in [5, 5.41) is 8.52. The lowest BCUT2D eigenvalue weighted by Crippen LogP contribution is -1.94. The zero-order valence-electron chi connectivity index (χ0n) is 7.53. The maximum atomic E-state index is 10.4. The minimum atomic E-state index is -0.787. The summed E-state index contributed by atoms with van der Waals surface area (Å²) in [6.07, 6.45) is 1.99. The van der Waals surface area contributed by atoms with E-state index in [9.17, 15) is 4.79 Å². The van der Waals surface area contributed by atoms with Gasteiger partial charge in [-0.3, -0.25) is 4.79 Å². The van der Waals surface area contributed by atoms with Crippen molar-refractivity contribution in [3.63, 3.8) is 0 Å². The van der Waals surface area contributed by atoms with Gasteiger partial charge in [0, 0.05) is 0 Å². The second kappa shape index (κ2) is 4.45. The Morgan fingerprint density at radius 1 is 1.38 bits per heavy atom. The summed E-state index contributed by atoms with van der Waals surface area (Å²) in [6, 6.07) is 9.69. The molecule has 0 unspecified atom stereocenters. The molecule has 68 valence electrons. The largest absolute Gasteiger partial charge is 0.481 e. The summed E-state index contributed by atoms with van der Waals surface area (Å²) >= 11 is 0. The van der Waals surface area contributed by atoms with Crippen LogP contribution in [0.5, 0.6) is 0 Å². The van der Waals surface area contributed by atoms with Crippen LogP contribution in [0.3, 0.4) is 0 Å². The minimum Gasteiger partial charge on any atom is -0.481 e. The van der Waals surface area contributed by atoms with Gasteiger partial charge in [-0.25, -0.2) is 0 Å². The molecule has 0 fully saturated rings. The lowest BCUT2D eigenvalue weighted by atomic mass is 10.1. The maximum Gasteiger partial charge on any atom is 0.307 e. The monoisotopic (exact) mass is 176 g/mol. The molecule has 1 rings (SSSR count). The molecule has 2 heteroatoms. The number of hydrogen-bond donors (Lipinski definition) is 1. The number of carboxylic acids is 1. The van der Waals surface area contributed by atoms with Crippen molar-refractivity contribution in [2.24, 2.45) is 0 Å². The van der Waals surface area contributed by atoms with Gasteiger partial charge in [-0.2, -0.15) is 0 Å². The summed E-state index contributed by atoms with van der Waals surface area (Å²) in [4.78, 5) is 10.4. The Labute approximate surface area is 77.5 Å². The van der Waals surface area contributed by atoms with Crippen molar-refractivity contribution >= 4 is 12.0 Å². The molecular weight excluding hydrogens is 164 g/mol. The summed E-state index contributed by atoms with van der Waals surface area (Å²) < 4.78 is 0. The first-order valence-electron chi connectivity index (χ1n) is 4.12. The molecule has 13 heavy (non-hydrogen) atoms. The third kappa shape index (κ3) is 3.56. The van der Waals surface area contributed by atoms with Crippen molar-refractivity contribution in [2.45, 2.75) is 13.3 Å². The predicted octanol–water partition coefficient (Wildman–Crippen LogP) is 2.56. The van der Waals surface area contributed by atoms with Gasteiger partial charge in [0.05, 0.1) is 6.42 Å². The first-order chi connectivity index (χ1) is 6.18. The van der Waals surface area contributed by atoms with E-state index in [1.807, 2.05) is 43.3 Å². The third-order valence-corrected chi connectivity index (χ3v) is 1.64. The summed E-state index contributed by atoms with van der Waals surface area (Å²) in [7, 11) is 0. The molecule has 0 atom stereocenters. The van der Waals surface area contributed by atoms with E-state index in [1.165, 1.54) is 0 Å². The Bertz CT molecular complexity index is 312. The molecule has 0 bridgehead atoms. The molecule has 1 N–H and O–H groups in total. The van der Waals surface area contributed by atoms with E-state index in [4.69, 9.17) is 5.11 Å². The van der Waals surface area contributed by atoms with Gasteiger partial charge in [-0.15, -0.1) is 0 Å². The molecule has 0 spiro atoms. The summed E-state index contributed by atoms with van der Waals surface area (Å²) in [5.41, 5.74) is 1.90. The first-order valence-corrected chi connectivity index (χ1v) is 4.12. The minimum absolute atomic E-state index is 0.106. The van der Waals surface area contributed by atoms with Gasteiger partial charge in [0.1, 0.15) is 0 Å². The quantitative estimate of drug-likeness (QED) is 0.768. The van der Waals surface area contributed by atoms with Crippen LogP contribution in [-0.4, -0.2) is 11.1 Å². The average molecular weight is 176 g/mol.